The van der Waals surface area contributed by atoms with Crippen LogP contribution in [0.25, 0.3) is 10.8 Å². The van der Waals surface area contributed by atoms with Crippen molar-refractivity contribution in [2.45, 2.75) is 18.3 Å². The molecule has 0 aromatic heterocycles. The van der Waals surface area contributed by atoms with Crippen LogP contribution in [0.5, 0.6) is 17.2 Å². The van der Waals surface area contributed by atoms with Gasteiger partial charge in [-0.15, -0.1) is 0 Å². The van der Waals surface area contributed by atoms with E-state index in [9.17, 15) is 0 Å². The zero-order valence-electron chi connectivity index (χ0n) is 14.1. The number of fused-ring (bicyclic) bond motifs is 1. The SMILES string of the molecule is Clc1c(OCC2CO2)c(OCC2CO2)c2ccccc2c1OCC1CO1. The van der Waals surface area contributed by atoms with Crippen LogP contribution in [0.3, 0.4) is 0 Å². The second-order valence-corrected chi connectivity index (χ2v) is 7.02. The van der Waals surface area contributed by atoms with Crippen LogP contribution in [-0.4, -0.2) is 58.0 Å². The van der Waals surface area contributed by atoms with Crippen LogP contribution in [-0.2, 0) is 14.2 Å². The first-order chi connectivity index (χ1) is 12.8. The molecular formula is C19H19ClO6. The molecule has 0 bridgehead atoms. The standard InChI is InChI=1S/C19H19ClO6/c20-16-17(24-8-11-5-21-11)14-3-1-2-4-15(14)18(25-9-12-6-22-12)19(16)26-10-13-7-23-13/h1-4,11-13H,5-10H2. The number of hydrogen-bond acceptors (Lipinski definition) is 6. The van der Waals surface area contributed by atoms with E-state index in [0.717, 1.165) is 24.0 Å². The Balaban J connectivity index is 1.54. The fourth-order valence-electron chi connectivity index (χ4n) is 2.76. The Labute approximate surface area is 155 Å². The lowest BCUT2D eigenvalue weighted by atomic mass is 10.1. The molecule has 2 aromatic rings. The molecule has 3 unspecified atom stereocenters. The van der Waals surface area contributed by atoms with Gasteiger partial charge in [-0.05, 0) is 0 Å². The smallest absolute Gasteiger partial charge is 0.184 e. The van der Waals surface area contributed by atoms with Crippen LogP contribution in [0.1, 0.15) is 0 Å². The van der Waals surface area contributed by atoms with Gasteiger partial charge in [0.05, 0.1) is 19.8 Å². The maximum Gasteiger partial charge on any atom is 0.184 e. The average Bonchev–Trinajstić information content (AvgIpc) is 3.51. The van der Waals surface area contributed by atoms with Crippen LogP contribution in [0.15, 0.2) is 24.3 Å². The van der Waals surface area contributed by atoms with Crippen molar-refractivity contribution >= 4 is 22.4 Å². The fraction of sp³-hybridized carbons (Fsp3) is 0.474. The Morgan fingerprint density at radius 2 is 1.15 bits per heavy atom. The molecule has 3 aliphatic rings. The van der Waals surface area contributed by atoms with Crippen molar-refractivity contribution in [3.63, 3.8) is 0 Å². The zero-order chi connectivity index (χ0) is 17.5. The molecule has 0 N–H and O–H groups in total. The normalized spacial score (nSPS) is 25.8. The molecule has 3 heterocycles. The van der Waals surface area contributed by atoms with Crippen LogP contribution in [0, 0.1) is 0 Å². The lowest BCUT2D eigenvalue weighted by Gasteiger charge is -2.19. The van der Waals surface area contributed by atoms with E-state index >= 15 is 0 Å². The number of hydrogen-bond donors (Lipinski definition) is 0. The van der Waals surface area contributed by atoms with Crippen LogP contribution >= 0.6 is 11.6 Å². The lowest BCUT2D eigenvalue weighted by molar-refractivity contribution is 0.227. The predicted molar refractivity (Wildman–Crippen MR) is 94.7 cm³/mol. The third-order valence-corrected chi connectivity index (χ3v) is 4.81. The van der Waals surface area contributed by atoms with Crippen molar-refractivity contribution in [1.82, 2.24) is 0 Å². The number of epoxide rings is 3. The monoisotopic (exact) mass is 378 g/mol. The summed E-state index contributed by atoms with van der Waals surface area (Å²) in [7, 11) is 0. The first-order valence-electron chi connectivity index (χ1n) is 8.77. The first kappa shape index (κ1) is 16.4. The van der Waals surface area contributed by atoms with Crippen LogP contribution < -0.4 is 14.2 Å². The van der Waals surface area contributed by atoms with Gasteiger partial charge in [-0.2, -0.15) is 0 Å². The number of benzene rings is 2. The van der Waals surface area contributed by atoms with Crippen molar-refractivity contribution in [2.75, 3.05) is 39.6 Å². The highest BCUT2D eigenvalue weighted by Crippen LogP contribution is 2.49. The average molecular weight is 379 g/mol. The summed E-state index contributed by atoms with van der Waals surface area (Å²) in [6, 6.07) is 7.86. The van der Waals surface area contributed by atoms with Crippen LogP contribution in [0.2, 0.25) is 5.02 Å². The zero-order valence-corrected chi connectivity index (χ0v) is 14.9. The van der Waals surface area contributed by atoms with Gasteiger partial charge >= 0.3 is 0 Å². The van der Waals surface area contributed by atoms with Gasteiger partial charge in [0.2, 0.25) is 0 Å². The summed E-state index contributed by atoms with van der Waals surface area (Å²) < 4.78 is 33.8. The maximum atomic E-state index is 6.69. The van der Waals surface area contributed by atoms with E-state index in [-0.39, 0.29) is 18.3 Å². The van der Waals surface area contributed by atoms with E-state index in [1.807, 2.05) is 24.3 Å². The number of ether oxygens (including phenoxy) is 6. The summed E-state index contributed by atoms with van der Waals surface area (Å²) in [6.45, 7) is 3.51. The van der Waals surface area contributed by atoms with Crippen molar-refractivity contribution in [3.8, 4) is 17.2 Å². The van der Waals surface area contributed by atoms with Crippen molar-refractivity contribution < 1.29 is 28.4 Å². The Bertz CT molecular complexity index is 813. The van der Waals surface area contributed by atoms with Gasteiger partial charge in [-0.3, -0.25) is 0 Å². The molecule has 3 atom stereocenters. The third kappa shape index (κ3) is 3.55. The quantitative estimate of drug-likeness (QED) is 0.625. The van der Waals surface area contributed by atoms with E-state index in [2.05, 4.69) is 0 Å². The second-order valence-electron chi connectivity index (χ2n) is 6.65. The summed E-state index contributed by atoms with van der Waals surface area (Å²) in [5.74, 6) is 1.71. The second kappa shape index (κ2) is 6.78. The van der Waals surface area contributed by atoms with Crippen molar-refractivity contribution in [2.24, 2.45) is 0 Å². The molecule has 0 aliphatic carbocycles. The molecule has 3 aliphatic heterocycles. The van der Waals surface area contributed by atoms with Gasteiger partial charge in [0, 0.05) is 10.8 Å². The van der Waals surface area contributed by atoms with Gasteiger partial charge in [0.25, 0.3) is 0 Å². The van der Waals surface area contributed by atoms with Gasteiger partial charge in [0.1, 0.15) is 48.9 Å². The molecule has 2 aromatic carbocycles. The largest absolute Gasteiger partial charge is 0.488 e. The van der Waals surface area contributed by atoms with Gasteiger partial charge < -0.3 is 28.4 Å². The topological polar surface area (TPSA) is 65.3 Å². The Kier molecular flexibility index (Phi) is 4.29. The summed E-state index contributed by atoms with van der Waals surface area (Å²) in [4.78, 5) is 0. The highest BCUT2D eigenvalue weighted by atomic mass is 35.5. The molecule has 138 valence electrons. The van der Waals surface area contributed by atoms with Gasteiger partial charge in [-0.1, -0.05) is 35.9 Å². The lowest BCUT2D eigenvalue weighted by Crippen LogP contribution is -2.11. The summed E-state index contributed by atoms with van der Waals surface area (Å²) in [6.07, 6.45) is 0.383. The fourth-order valence-corrected chi connectivity index (χ4v) is 3.05. The third-order valence-electron chi connectivity index (χ3n) is 4.47. The maximum absolute atomic E-state index is 6.69. The highest BCUT2D eigenvalue weighted by molar-refractivity contribution is 6.35. The van der Waals surface area contributed by atoms with E-state index in [1.165, 1.54) is 0 Å². The minimum absolute atomic E-state index is 0.112. The molecule has 0 saturated carbocycles. The minimum atomic E-state index is 0.112. The Morgan fingerprint density at radius 3 is 1.65 bits per heavy atom. The highest BCUT2D eigenvalue weighted by Gasteiger charge is 2.30. The summed E-state index contributed by atoms with van der Waals surface area (Å²) in [5, 5.41) is 2.20. The molecule has 5 rings (SSSR count). The van der Waals surface area contributed by atoms with E-state index in [0.29, 0.717) is 48.7 Å². The molecule has 0 spiro atoms. The molecule has 6 nitrogen and oxygen atoms in total. The predicted octanol–water partition coefficient (Wildman–Crippen LogP) is 2.83. The van der Waals surface area contributed by atoms with Crippen molar-refractivity contribution in [1.29, 1.82) is 0 Å². The first-order valence-corrected chi connectivity index (χ1v) is 9.15. The minimum Gasteiger partial charge on any atom is -0.488 e. The summed E-state index contributed by atoms with van der Waals surface area (Å²) >= 11 is 6.69. The molecule has 0 radical (unpaired) electrons. The van der Waals surface area contributed by atoms with Crippen LogP contribution in [0.4, 0.5) is 0 Å². The van der Waals surface area contributed by atoms with Gasteiger partial charge in [-0.25, -0.2) is 0 Å². The number of rotatable bonds is 9. The van der Waals surface area contributed by atoms with Crippen molar-refractivity contribution in [3.05, 3.63) is 29.3 Å². The number of halogens is 1. The molecule has 7 heteroatoms. The van der Waals surface area contributed by atoms with E-state index in [4.69, 9.17) is 40.0 Å². The molecular weight excluding hydrogens is 360 g/mol. The molecule has 0 amide bonds. The van der Waals surface area contributed by atoms with E-state index < -0.39 is 0 Å². The Hall–Kier alpha value is -1.73. The molecule has 3 saturated heterocycles. The molecule has 3 fully saturated rings. The molecule has 26 heavy (non-hydrogen) atoms. The summed E-state index contributed by atoms with van der Waals surface area (Å²) in [5.41, 5.74) is 0. The Morgan fingerprint density at radius 1 is 0.731 bits per heavy atom. The van der Waals surface area contributed by atoms with Gasteiger partial charge in [0.15, 0.2) is 11.5 Å². The van der Waals surface area contributed by atoms with E-state index in [1.54, 1.807) is 0 Å².